The second-order valence-corrected chi connectivity index (χ2v) is 6.77. The first kappa shape index (κ1) is 14.9. The van der Waals surface area contributed by atoms with E-state index in [4.69, 9.17) is 9.47 Å². The van der Waals surface area contributed by atoms with Gasteiger partial charge in [-0.2, -0.15) is 0 Å². The molecule has 0 saturated carbocycles. The van der Waals surface area contributed by atoms with Gasteiger partial charge in [-0.3, -0.25) is 0 Å². The van der Waals surface area contributed by atoms with Gasteiger partial charge in [-0.05, 0) is 42.9 Å². The van der Waals surface area contributed by atoms with Gasteiger partial charge in [0.2, 0.25) is 0 Å². The molecule has 21 heavy (non-hydrogen) atoms. The molecule has 2 fully saturated rings. The van der Waals surface area contributed by atoms with Crippen molar-refractivity contribution < 1.29 is 9.47 Å². The average molecular weight is 289 g/mol. The number of hydrogen-bond donors (Lipinski definition) is 1. The van der Waals surface area contributed by atoms with Crippen LogP contribution in [0, 0.1) is 11.8 Å². The number of methoxy groups -OCH3 is 1. The van der Waals surface area contributed by atoms with Crippen LogP contribution in [0.4, 0.5) is 0 Å². The zero-order valence-corrected chi connectivity index (χ0v) is 13.3. The maximum absolute atomic E-state index is 5.96. The smallest absolute Gasteiger partial charge is 0.118 e. The lowest BCUT2D eigenvalue weighted by atomic mass is 9.88. The highest BCUT2D eigenvalue weighted by molar-refractivity contribution is 5.29. The van der Waals surface area contributed by atoms with Gasteiger partial charge in [-0.1, -0.05) is 26.0 Å². The summed E-state index contributed by atoms with van der Waals surface area (Å²) < 4.78 is 11.2. The summed E-state index contributed by atoms with van der Waals surface area (Å²) in [6.45, 7) is 5.62. The maximum atomic E-state index is 5.96. The molecule has 2 bridgehead atoms. The van der Waals surface area contributed by atoms with Gasteiger partial charge >= 0.3 is 0 Å². The molecule has 0 amide bonds. The quantitative estimate of drug-likeness (QED) is 0.868. The normalized spacial score (nSPS) is 29.0. The summed E-state index contributed by atoms with van der Waals surface area (Å²) in [6.07, 6.45) is 4.82. The minimum absolute atomic E-state index is 0.398. The maximum Gasteiger partial charge on any atom is 0.118 e. The van der Waals surface area contributed by atoms with Crippen molar-refractivity contribution in [2.75, 3.05) is 13.7 Å². The molecule has 0 aliphatic carbocycles. The fourth-order valence-electron chi connectivity index (χ4n) is 3.79. The first-order chi connectivity index (χ1) is 10.2. The zero-order chi connectivity index (χ0) is 14.8. The van der Waals surface area contributed by atoms with E-state index in [0.717, 1.165) is 12.3 Å². The molecular weight excluding hydrogens is 262 g/mol. The molecule has 4 atom stereocenters. The summed E-state index contributed by atoms with van der Waals surface area (Å²) in [5.41, 5.74) is 1.34. The van der Waals surface area contributed by atoms with Crippen molar-refractivity contribution >= 4 is 0 Å². The number of hydrogen-bond acceptors (Lipinski definition) is 3. The van der Waals surface area contributed by atoms with Crippen LogP contribution in [0.15, 0.2) is 24.3 Å². The summed E-state index contributed by atoms with van der Waals surface area (Å²) in [4.78, 5) is 0. The number of fused-ring (bicyclic) bond motifs is 2. The van der Waals surface area contributed by atoms with Gasteiger partial charge in [0.05, 0.1) is 19.3 Å². The topological polar surface area (TPSA) is 30.5 Å². The van der Waals surface area contributed by atoms with Crippen LogP contribution in [-0.2, 0) is 4.74 Å². The van der Waals surface area contributed by atoms with E-state index in [9.17, 15) is 0 Å². The molecular formula is C18H27NO2. The highest BCUT2D eigenvalue weighted by Gasteiger charge is 2.40. The van der Waals surface area contributed by atoms with Crippen LogP contribution < -0.4 is 10.1 Å². The van der Waals surface area contributed by atoms with Gasteiger partial charge in [0.1, 0.15) is 5.75 Å². The van der Waals surface area contributed by atoms with Crippen molar-refractivity contribution in [3.63, 3.8) is 0 Å². The van der Waals surface area contributed by atoms with Gasteiger partial charge in [-0.25, -0.2) is 0 Å². The summed E-state index contributed by atoms with van der Waals surface area (Å²) >= 11 is 0. The number of rotatable bonds is 6. The van der Waals surface area contributed by atoms with Crippen LogP contribution in [0.25, 0.3) is 0 Å². The largest absolute Gasteiger partial charge is 0.497 e. The Labute approximate surface area is 128 Å². The van der Waals surface area contributed by atoms with Gasteiger partial charge in [0.15, 0.2) is 0 Å². The van der Waals surface area contributed by atoms with E-state index in [1.807, 2.05) is 12.1 Å². The molecule has 3 heteroatoms. The van der Waals surface area contributed by atoms with Crippen molar-refractivity contribution in [1.29, 1.82) is 0 Å². The van der Waals surface area contributed by atoms with Gasteiger partial charge in [-0.15, -0.1) is 0 Å². The molecule has 0 unspecified atom stereocenters. The van der Waals surface area contributed by atoms with Crippen molar-refractivity contribution in [1.82, 2.24) is 5.32 Å². The van der Waals surface area contributed by atoms with E-state index >= 15 is 0 Å². The predicted octanol–water partition coefficient (Wildman–Crippen LogP) is 3.55. The highest BCUT2D eigenvalue weighted by atomic mass is 16.5. The Bertz CT molecular complexity index is 457. The third-order valence-corrected chi connectivity index (χ3v) is 4.97. The molecule has 2 aliphatic rings. The Balaban J connectivity index is 1.61. The first-order valence-electron chi connectivity index (χ1n) is 8.20. The lowest BCUT2D eigenvalue weighted by Gasteiger charge is -2.27. The van der Waals surface area contributed by atoms with Gasteiger partial charge in [0.25, 0.3) is 0 Å². The second-order valence-electron chi connectivity index (χ2n) is 6.77. The van der Waals surface area contributed by atoms with E-state index in [2.05, 4.69) is 31.3 Å². The third-order valence-electron chi connectivity index (χ3n) is 4.97. The SMILES string of the molecule is COc1ccc([C@@H](NC[C@@H]2C[C@H]3CC[C@H]2O3)C(C)C)cc1. The molecule has 1 aromatic carbocycles. The van der Waals surface area contributed by atoms with Crippen LogP contribution in [0.1, 0.15) is 44.7 Å². The Hall–Kier alpha value is -1.06. The second kappa shape index (κ2) is 6.37. The Morgan fingerprint density at radius 2 is 2.00 bits per heavy atom. The minimum atomic E-state index is 0.398. The van der Waals surface area contributed by atoms with E-state index in [1.54, 1.807) is 7.11 Å². The molecule has 0 spiro atoms. The highest BCUT2D eigenvalue weighted by Crippen LogP contribution is 2.38. The average Bonchev–Trinajstić information content (AvgIpc) is 3.10. The first-order valence-corrected chi connectivity index (χ1v) is 8.20. The van der Waals surface area contributed by atoms with Crippen molar-refractivity contribution in [2.24, 2.45) is 11.8 Å². The number of nitrogens with one attached hydrogen (secondary N) is 1. The zero-order valence-electron chi connectivity index (χ0n) is 13.3. The molecule has 0 aromatic heterocycles. The van der Waals surface area contributed by atoms with Crippen LogP contribution in [-0.4, -0.2) is 25.9 Å². The molecule has 0 radical (unpaired) electrons. The summed E-state index contributed by atoms with van der Waals surface area (Å²) in [5.74, 6) is 2.18. The monoisotopic (exact) mass is 289 g/mol. The van der Waals surface area contributed by atoms with Crippen molar-refractivity contribution in [2.45, 2.75) is 51.4 Å². The van der Waals surface area contributed by atoms with E-state index < -0.39 is 0 Å². The fraction of sp³-hybridized carbons (Fsp3) is 0.667. The minimum Gasteiger partial charge on any atom is -0.497 e. The Morgan fingerprint density at radius 1 is 1.24 bits per heavy atom. The molecule has 116 valence electrons. The van der Waals surface area contributed by atoms with Crippen LogP contribution in [0.5, 0.6) is 5.75 Å². The van der Waals surface area contributed by atoms with Crippen molar-refractivity contribution in [3.05, 3.63) is 29.8 Å². The summed E-state index contributed by atoms with van der Waals surface area (Å²) in [5, 5.41) is 3.78. The molecule has 2 saturated heterocycles. The standard InChI is InChI=1S/C18H27NO2/c1-12(2)18(13-4-6-15(20-3)7-5-13)19-11-14-10-16-8-9-17(14)21-16/h4-7,12,14,16-19H,8-11H2,1-3H3/t14-,16+,17+,18-/m0/s1. The molecule has 3 nitrogen and oxygen atoms in total. The van der Waals surface area contributed by atoms with E-state index in [1.165, 1.54) is 24.8 Å². The Kier molecular flexibility index (Phi) is 4.51. The van der Waals surface area contributed by atoms with E-state index in [-0.39, 0.29) is 0 Å². The lowest BCUT2D eigenvalue weighted by Crippen LogP contribution is -2.34. The summed E-state index contributed by atoms with van der Waals surface area (Å²) in [7, 11) is 1.71. The number of ether oxygens (including phenoxy) is 2. The van der Waals surface area contributed by atoms with Crippen LogP contribution in [0.3, 0.4) is 0 Å². The van der Waals surface area contributed by atoms with Crippen molar-refractivity contribution in [3.8, 4) is 5.75 Å². The molecule has 1 aromatic rings. The van der Waals surface area contributed by atoms with Gasteiger partial charge in [0, 0.05) is 18.5 Å². The van der Waals surface area contributed by atoms with Gasteiger partial charge < -0.3 is 14.8 Å². The molecule has 1 N–H and O–H groups in total. The molecule has 3 rings (SSSR count). The number of benzene rings is 1. The fourth-order valence-corrected chi connectivity index (χ4v) is 3.79. The molecule has 2 heterocycles. The predicted molar refractivity (Wildman–Crippen MR) is 84.6 cm³/mol. The van der Waals surface area contributed by atoms with Crippen LogP contribution >= 0.6 is 0 Å². The Morgan fingerprint density at radius 3 is 2.52 bits per heavy atom. The molecule has 2 aliphatic heterocycles. The van der Waals surface area contributed by atoms with Crippen LogP contribution in [0.2, 0.25) is 0 Å². The summed E-state index contributed by atoms with van der Waals surface area (Å²) in [6, 6.07) is 8.84. The van der Waals surface area contributed by atoms with E-state index in [0.29, 0.717) is 30.1 Å². The third kappa shape index (κ3) is 3.24. The lowest BCUT2D eigenvalue weighted by molar-refractivity contribution is 0.0916.